The number of pyridine rings is 1. The van der Waals surface area contributed by atoms with Gasteiger partial charge in [0.05, 0.1) is 10.5 Å². The van der Waals surface area contributed by atoms with E-state index in [9.17, 15) is 13.2 Å². The second-order valence-corrected chi connectivity index (χ2v) is 8.64. The van der Waals surface area contributed by atoms with Crippen molar-refractivity contribution in [2.45, 2.75) is 23.7 Å². The molecular formula is C19H18N4O5S. The van der Waals surface area contributed by atoms with Crippen molar-refractivity contribution in [1.29, 1.82) is 0 Å². The van der Waals surface area contributed by atoms with Crippen molar-refractivity contribution in [2.24, 2.45) is 0 Å². The highest BCUT2D eigenvalue weighted by molar-refractivity contribution is 7.89. The van der Waals surface area contributed by atoms with Crippen LogP contribution < -0.4 is 0 Å². The maximum absolute atomic E-state index is 12.9. The average molecular weight is 414 g/mol. The lowest BCUT2D eigenvalue weighted by atomic mass is 9.98. The maximum Gasteiger partial charge on any atom is 0.335 e. The van der Waals surface area contributed by atoms with E-state index in [1.807, 2.05) is 0 Å². The summed E-state index contributed by atoms with van der Waals surface area (Å²) in [7, 11) is -3.77. The number of carboxylic acid groups (broad SMARTS) is 1. The van der Waals surface area contributed by atoms with E-state index in [2.05, 4.69) is 15.1 Å². The van der Waals surface area contributed by atoms with Crippen LogP contribution in [-0.4, -0.2) is 52.0 Å². The largest absolute Gasteiger partial charge is 0.478 e. The van der Waals surface area contributed by atoms with E-state index in [4.69, 9.17) is 9.63 Å². The van der Waals surface area contributed by atoms with Crippen molar-refractivity contribution in [3.8, 4) is 11.4 Å². The van der Waals surface area contributed by atoms with E-state index < -0.39 is 16.0 Å². The Morgan fingerprint density at radius 2 is 1.86 bits per heavy atom. The van der Waals surface area contributed by atoms with Crippen LogP contribution in [0.5, 0.6) is 0 Å². The standard InChI is InChI=1S/C19H18N4O5S/c24-19(25)15-2-1-3-16(12-15)29(26,27)23-10-6-14(7-11-23)18-21-17(22-28-18)13-4-8-20-9-5-13/h1-5,8-9,12,14H,6-7,10-11H2,(H,24,25). The van der Waals surface area contributed by atoms with E-state index in [0.717, 1.165) is 5.56 Å². The molecule has 0 radical (unpaired) electrons. The highest BCUT2D eigenvalue weighted by Gasteiger charge is 2.32. The normalized spacial score (nSPS) is 16.0. The van der Waals surface area contributed by atoms with Gasteiger partial charge in [0.25, 0.3) is 0 Å². The number of rotatable bonds is 5. The molecule has 0 amide bonds. The van der Waals surface area contributed by atoms with Crippen molar-refractivity contribution >= 4 is 16.0 Å². The quantitative estimate of drug-likeness (QED) is 0.674. The molecule has 1 aromatic carbocycles. The number of hydrogen-bond acceptors (Lipinski definition) is 7. The molecule has 1 saturated heterocycles. The Morgan fingerprint density at radius 1 is 1.14 bits per heavy atom. The van der Waals surface area contributed by atoms with Crippen molar-refractivity contribution in [3.63, 3.8) is 0 Å². The average Bonchev–Trinajstić information content (AvgIpc) is 3.25. The van der Waals surface area contributed by atoms with Gasteiger partial charge in [-0.15, -0.1) is 0 Å². The van der Waals surface area contributed by atoms with Gasteiger partial charge < -0.3 is 9.63 Å². The van der Waals surface area contributed by atoms with E-state index in [-0.39, 0.29) is 29.5 Å². The predicted molar refractivity (Wildman–Crippen MR) is 102 cm³/mol. The molecule has 150 valence electrons. The lowest BCUT2D eigenvalue weighted by Gasteiger charge is -2.29. The van der Waals surface area contributed by atoms with Gasteiger partial charge >= 0.3 is 5.97 Å². The van der Waals surface area contributed by atoms with Gasteiger partial charge in [-0.2, -0.15) is 9.29 Å². The molecule has 0 bridgehead atoms. The fraction of sp³-hybridized carbons (Fsp3) is 0.263. The van der Waals surface area contributed by atoms with Crippen LogP contribution in [0.4, 0.5) is 0 Å². The summed E-state index contributed by atoms with van der Waals surface area (Å²) in [5.41, 5.74) is 0.740. The van der Waals surface area contributed by atoms with Gasteiger partial charge in [-0.05, 0) is 43.2 Å². The van der Waals surface area contributed by atoms with Gasteiger partial charge in [0.2, 0.25) is 21.7 Å². The summed E-state index contributed by atoms with van der Waals surface area (Å²) in [4.78, 5) is 19.5. The summed E-state index contributed by atoms with van der Waals surface area (Å²) in [6.07, 6.45) is 4.37. The van der Waals surface area contributed by atoms with Crippen molar-refractivity contribution in [3.05, 3.63) is 60.2 Å². The fourth-order valence-corrected chi connectivity index (χ4v) is 4.82. The fourth-order valence-electron chi connectivity index (χ4n) is 3.30. The summed E-state index contributed by atoms with van der Waals surface area (Å²) in [6, 6.07) is 8.96. The van der Waals surface area contributed by atoms with Crippen LogP contribution in [0.15, 0.2) is 58.2 Å². The Kier molecular flexibility index (Phi) is 5.12. The Balaban J connectivity index is 1.46. The van der Waals surface area contributed by atoms with E-state index >= 15 is 0 Å². The molecule has 0 aliphatic carbocycles. The van der Waals surface area contributed by atoms with Crippen LogP contribution >= 0.6 is 0 Å². The highest BCUT2D eigenvalue weighted by Crippen LogP contribution is 2.31. The minimum absolute atomic E-state index is 0.0198. The Morgan fingerprint density at radius 3 is 2.55 bits per heavy atom. The zero-order chi connectivity index (χ0) is 20.4. The zero-order valence-corrected chi connectivity index (χ0v) is 16.1. The molecule has 1 aliphatic heterocycles. The van der Waals surface area contributed by atoms with E-state index in [0.29, 0.717) is 24.6 Å². The Hall–Kier alpha value is -3.11. The first kappa shape index (κ1) is 19.2. The van der Waals surface area contributed by atoms with Crippen LogP contribution in [0.1, 0.15) is 35.0 Å². The molecule has 1 fully saturated rings. The minimum atomic E-state index is -3.77. The van der Waals surface area contributed by atoms with Gasteiger partial charge in [0.1, 0.15) is 0 Å². The summed E-state index contributed by atoms with van der Waals surface area (Å²) in [6.45, 7) is 0.578. The van der Waals surface area contributed by atoms with Gasteiger partial charge in [-0.25, -0.2) is 13.2 Å². The first-order chi connectivity index (χ1) is 13.9. The van der Waals surface area contributed by atoms with Gasteiger partial charge in [0.15, 0.2) is 0 Å². The van der Waals surface area contributed by atoms with E-state index in [1.165, 1.54) is 28.6 Å². The van der Waals surface area contributed by atoms with Crippen LogP contribution in [-0.2, 0) is 10.0 Å². The Labute approximate surface area is 167 Å². The third kappa shape index (κ3) is 3.89. The summed E-state index contributed by atoms with van der Waals surface area (Å²) in [5.74, 6) is -0.235. The molecule has 10 heteroatoms. The van der Waals surface area contributed by atoms with Crippen LogP contribution in [0.3, 0.4) is 0 Å². The van der Waals surface area contributed by atoms with Gasteiger partial charge in [-0.1, -0.05) is 11.2 Å². The molecule has 3 heterocycles. The van der Waals surface area contributed by atoms with Gasteiger partial charge in [-0.3, -0.25) is 4.98 Å². The molecule has 3 aromatic rings. The van der Waals surface area contributed by atoms with Crippen LogP contribution in [0.25, 0.3) is 11.4 Å². The number of sulfonamides is 1. The number of aromatic carboxylic acids is 1. The summed E-state index contributed by atoms with van der Waals surface area (Å²) >= 11 is 0. The highest BCUT2D eigenvalue weighted by atomic mass is 32.2. The second-order valence-electron chi connectivity index (χ2n) is 6.70. The van der Waals surface area contributed by atoms with Crippen molar-refractivity contribution < 1.29 is 22.8 Å². The first-order valence-electron chi connectivity index (χ1n) is 9.02. The predicted octanol–water partition coefficient (Wildman–Crippen LogP) is 2.40. The topological polar surface area (TPSA) is 126 Å². The van der Waals surface area contributed by atoms with E-state index in [1.54, 1.807) is 24.5 Å². The Bertz CT molecular complexity index is 1120. The SMILES string of the molecule is O=C(O)c1cccc(S(=O)(=O)N2CCC(c3nc(-c4ccncc4)no3)CC2)c1. The van der Waals surface area contributed by atoms with Gasteiger partial charge in [0, 0.05) is 37.0 Å². The lowest BCUT2D eigenvalue weighted by Crippen LogP contribution is -2.38. The number of carbonyl (C=O) groups is 1. The smallest absolute Gasteiger partial charge is 0.335 e. The molecule has 0 unspecified atom stereocenters. The number of hydrogen-bond donors (Lipinski definition) is 1. The number of aromatic nitrogens is 3. The number of benzene rings is 1. The molecule has 0 spiro atoms. The number of nitrogens with zero attached hydrogens (tertiary/aromatic N) is 4. The molecule has 9 nitrogen and oxygen atoms in total. The lowest BCUT2D eigenvalue weighted by molar-refractivity contribution is 0.0696. The first-order valence-corrected chi connectivity index (χ1v) is 10.5. The third-order valence-corrected chi connectivity index (χ3v) is 6.80. The molecule has 4 rings (SSSR count). The minimum Gasteiger partial charge on any atom is -0.478 e. The molecule has 0 saturated carbocycles. The van der Waals surface area contributed by atoms with Crippen molar-refractivity contribution in [2.75, 3.05) is 13.1 Å². The summed E-state index contributed by atoms with van der Waals surface area (Å²) < 4.78 is 32.5. The van der Waals surface area contributed by atoms with Crippen LogP contribution in [0.2, 0.25) is 0 Å². The maximum atomic E-state index is 12.9. The molecular weight excluding hydrogens is 396 g/mol. The molecule has 0 atom stereocenters. The third-order valence-electron chi connectivity index (χ3n) is 4.90. The summed E-state index contributed by atoms with van der Waals surface area (Å²) in [5, 5.41) is 13.1. The molecule has 29 heavy (non-hydrogen) atoms. The zero-order valence-electron chi connectivity index (χ0n) is 15.3. The molecule has 1 aliphatic rings. The molecule has 2 aromatic heterocycles. The van der Waals surface area contributed by atoms with Crippen molar-refractivity contribution in [1.82, 2.24) is 19.4 Å². The second kappa shape index (κ2) is 7.72. The monoisotopic (exact) mass is 414 g/mol. The number of piperidine rings is 1. The number of carboxylic acids is 1. The molecule has 1 N–H and O–H groups in total. The van der Waals surface area contributed by atoms with Crippen LogP contribution in [0, 0.1) is 0 Å².